The smallest absolute Gasteiger partial charge is 0.190 e. The van der Waals surface area contributed by atoms with Gasteiger partial charge in [0.2, 0.25) is 0 Å². The van der Waals surface area contributed by atoms with Crippen LogP contribution in [0.5, 0.6) is 0 Å². The molecule has 0 aliphatic heterocycles. The fourth-order valence-electron chi connectivity index (χ4n) is 0.932. The Labute approximate surface area is 103 Å². The molecule has 1 aromatic rings. The highest BCUT2D eigenvalue weighted by Gasteiger charge is 2.01. The summed E-state index contributed by atoms with van der Waals surface area (Å²) in [5.74, 6) is 0.696. The summed E-state index contributed by atoms with van der Waals surface area (Å²) in [6.07, 6.45) is 3.40. The zero-order valence-electron chi connectivity index (χ0n) is 8.94. The van der Waals surface area contributed by atoms with Gasteiger partial charge in [-0.3, -0.25) is 0 Å². The standard InChI is InChI=1S/C9H12ClN5S/c1-5(11)3-7(12)14-8-4-6(10)13-9(15-8)16-2/h3-4H,11H2,1-2H3,(H2,12,13,14,15)/b5-3-. The minimum absolute atomic E-state index is 0.279. The Morgan fingerprint density at radius 1 is 1.50 bits per heavy atom. The predicted molar refractivity (Wildman–Crippen MR) is 68.0 cm³/mol. The molecule has 1 heterocycles. The molecule has 1 aromatic heterocycles. The van der Waals surface area contributed by atoms with Gasteiger partial charge in [-0.25, -0.2) is 15.0 Å². The molecule has 0 aliphatic carbocycles. The van der Waals surface area contributed by atoms with E-state index in [-0.39, 0.29) is 5.84 Å². The molecule has 0 saturated heterocycles. The van der Waals surface area contributed by atoms with Gasteiger partial charge in [-0.2, -0.15) is 0 Å². The quantitative estimate of drug-likeness (QED) is 0.283. The molecule has 5 nitrogen and oxygen atoms in total. The van der Waals surface area contributed by atoms with Crippen molar-refractivity contribution in [1.82, 2.24) is 9.97 Å². The number of allylic oxidation sites excluding steroid dienone is 1. The Morgan fingerprint density at radius 3 is 2.75 bits per heavy atom. The number of rotatable bonds is 3. The van der Waals surface area contributed by atoms with Gasteiger partial charge in [0.1, 0.15) is 11.0 Å². The lowest BCUT2D eigenvalue weighted by Gasteiger charge is -1.99. The van der Waals surface area contributed by atoms with Crippen LogP contribution in [0.4, 0.5) is 5.82 Å². The van der Waals surface area contributed by atoms with Crippen LogP contribution in [0.15, 0.2) is 28.0 Å². The maximum Gasteiger partial charge on any atom is 0.190 e. The lowest BCUT2D eigenvalue weighted by atomic mass is 10.4. The van der Waals surface area contributed by atoms with Gasteiger partial charge in [-0.1, -0.05) is 23.4 Å². The number of nitrogens with two attached hydrogens (primary N) is 2. The monoisotopic (exact) mass is 257 g/mol. The van der Waals surface area contributed by atoms with Crippen LogP contribution in [0.1, 0.15) is 6.92 Å². The van der Waals surface area contributed by atoms with Gasteiger partial charge >= 0.3 is 0 Å². The number of nitrogens with zero attached hydrogens (tertiary/aromatic N) is 3. The first-order valence-corrected chi connectivity index (χ1v) is 5.98. The number of hydrogen-bond donors (Lipinski definition) is 2. The molecule has 0 spiro atoms. The molecule has 0 unspecified atom stereocenters. The van der Waals surface area contributed by atoms with Crippen molar-refractivity contribution >= 4 is 35.0 Å². The van der Waals surface area contributed by atoms with Crippen molar-refractivity contribution in [3.8, 4) is 0 Å². The Kier molecular flexibility index (Phi) is 4.57. The van der Waals surface area contributed by atoms with E-state index in [1.165, 1.54) is 17.8 Å². The van der Waals surface area contributed by atoms with E-state index in [0.29, 0.717) is 21.8 Å². The van der Waals surface area contributed by atoms with Gasteiger partial charge in [0, 0.05) is 11.8 Å². The summed E-state index contributed by atoms with van der Waals surface area (Å²) >= 11 is 7.18. The van der Waals surface area contributed by atoms with Crippen LogP contribution in [0.25, 0.3) is 0 Å². The van der Waals surface area contributed by atoms with E-state index in [1.54, 1.807) is 13.0 Å². The Morgan fingerprint density at radius 2 is 2.19 bits per heavy atom. The molecule has 16 heavy (non-hydrogen) atoms. The molecule has 4 N–H and O–H groups in total. The topological polar surface area (TPSA) is 90.2 Å². The summed E-state index contributed by atoms with van der Waals surface area (Å²) < 4.78 is 0. The van der Waals surface area contributed by atoms with Crippen LogP contribution in [-0.4, -0.2) is 22.1 Å². The SMILES string of the molecule is CSc1nc(Cl)cc(/N=C(N)/C=C(/C)N)n1. The fourth-order valence-corrected chi connectivity index (χ4v) is 1.53. The highest BCUT2D eigenvalue weighted by atomic mass is 35.5. The van der Waals surface area contributed by atoms with E-state index in [1.807, 2.05) is 6.26 Å². The van der Waals surface area contributed by atoms with Gasteiger partial charge in [-0.05, 0) is 19.3 Å². The van der Waals surface area contributed by atoms with E-state index in [2.05, 4.69) is 15.0 Å². The molecule has 0 radical (unpaired) electrons. The summed E-state index contributed by atoms with van der Waals surface area (Å²) in [4.78, 5) is 12.2. The molecule has 0 aromatic carbocycles. The first-order chi connectivity index (χ1) is 7.51. The second-order valence-electron chi connectivity index (χ2n) is 2.96. The molecule has 0 amide bonds. The normalized spacial score (nSPS) is 12.9. The highest BCUT2D eigenvalue weighted by molar-refractivity contribution is 7.98. The van der Waals surface area contributed by atoms with E-state index >= 15 is 0 Å². The highest BCUT2D eigenvalue weighted by Crippen LogP contribution is 2.19. The number of aliphatic imine (C=N–C) groups is 1. The largest absolute Gasteiger partial charge is 0.402 e. The van der Waals surface area contributed by atoms with Crippen LogP contribution in [-0.2, 0) is 0 Å². The number of amidine groups is 1. The molecule has 1 rings (SSSR count). The number of hydrogen-bond acceptors (Lipinski definition) is 5. The third-order valence-electron chi connectivity index (χ3n) is 1.46. The van der Waals surface area contributed by atoms with Gasteiger partial charge in [-0.15, -0.1) is 0 Å². The molecule has 0 fully saturated rings. The van der Waals surface area contributed by atoms with E-state index in [0.717, 1.165) is 0 Å². The minimum Gasteiger partial charge on any atom is -0.402 e. The Balaban J connectivity index is 3.05. The lowest BCUT2D eigenvalue weighted by Crippen LogP contribution is -2.10. The summed E-state index contributed by atoms with van der Waals surface area (Å²) in [5.41, 5.74) is 11.7. The van der Waals surface area contributed by atoms with Crippen molar-refractivity contribution in [3.05, 3.63) is 23.0 Å². The molecule has 0 saturated carbocycles. The second kappa shape index (κ2) is 5.72. The molecule has 0 bridgehead atoms. The fraction of sp³-hybridized carbons (Fsp3) is 0.222. The molecular formula is C9H12ClN5S. The van der Waals surface area contributed by atoms with Crippen LogP contribution in [0, 0.1) is 0 Å². The van der Waals surface area contributed by atoms with Crippen LogP contribution >= 0.6 is 23.4 Å². The summed E-state index contributed by atoms with van der Waals surface area (Å²) in [6, 6.07) is 1.54. The molecule has 86 valence electrons. The van der Waals surface area contributed by atoms with Crippen molar-refractivity contribution in [2.45, 2.75) is 12.1 Å². The summed E-state index contributed by atoms with van der Waals surface area (Å²) in [7, 11) is 0. The van der Waals surface area contributed by atoms with Crippen molar-refractivity contribution in [1.29, 1.82) is 0 Å². The number of thioether (sulfide) groups is 1. The first-order valence-electron chi connectivity index (χ1n) is 4.38. The Bertz CT molecular complexity index is 440. The average molecular weight is 258 g/mol. The summed E-state index contributed by atoms with van der Waals surface area (Å²) in [5, 5.41) is 0.881. The zero-order chi connectivity index (χ0) is 12.1. The second-order valence-corrected chi connectivity index (χ2v) is 4.12. The van der Waals surface area contributed by atoms with Crippen molar-refractivity contribution in [2.75, 3.05) is 6.26 Å². The third-order valence-corrected chi connectivity index (χ3v) is 2.20. The van der Waals surface area contributed by atoms with E-state index in [4.69, 9.17) is 23.1 Å². The van der Waals surface area contributed by atoms with Crippen LogP contribution in [0.2, 0.25) is 5.15 Å². The molecule has 7 heteroatoms. The van der Waals surface area contributed by atoms with Gasteiger partial charge < -0.3 is 11.5 Å². The van der Waals surface area contributed by atoms with Crippen LogP contribution in [0.3, 0.4) is 0 Å². The van der Waals surface area contributed by atoms with E-state index in [9.17, 15) is 0 Å². The number of halogens is 1. The van der Waals surface area contributed by atoms with Gasteiger partial charge in [0.15, 0.2) is 11.0 Å². The summed E-state index contributed by atoms with van der Waals surface area (Å²) in [6.45, 7) is 1.72. The van der Waals surface area contributed by atoms with E-state index < -0.39 is 0 Å². The van der Waals surface area contributed by atoms with Gasteiger partial charge in [0.25, 0.3) is 0 Å². The van der Waals surface area contributed by atoms with Crippen molar-refractivity contribution in [2.24, 2.45) is 16.5 Å². The molecule has 0 aliphatic rings. The molecular weight excluding hydrogens is 246 g/mol. The Hall–Kier alpha value is -1.27. The van der Waals surface area contributed by atoms with Gasteiger partial charge in [0.05, 0.1) is 0 Å². The maximum atomic E-state index is 5.80. The maximum absolute atomic E-state index is 5.80. The minimum atomic E-state index is 0.279. The zero-order valence-corrected chi connectivity index (χ0v) is 10.5. The van der Waals surface area contributed by atoms with Crippen molar-refractivity contribution < 1.29 is 0 Å². The predicted octanol–water partition coefficient (Wildman–Crippen LogP) is 1.70. The van der Waals surface area contributed by atoms with Crippen LogP contribution < -0.4 is 11.5 Å². The molecule has 0 atom stereocenters. The third kappa shape index (κ3) is 4.08. The lowest BCUT2D eigenvalue weighted by molar-refractivity contribution is 0.967. The first kappa shape index (κ1) is 12.8. The number of aromatic nitrogens is 2. The average Bonchev–Trinajstić information content (AvgIpc) is 2.14. The van der Waals surface area contributed by atoms with Crippen molar-refractivity contribution in [3.63, 3.8) is 0 Å².